The van der Waals surface area contributed by atoms with Crippen LogP contribution in [0.5, 0.6) is 17.2 Å². The summed E-state index contributed by atoms with van der Waals surface area (Å²) in [6, 6.07) is 13.2. The molecule has 0 unspecified atom stereocenters. The van der Waals surface area contributed by atoms with Gasteiger partial charge in [-0.2, -0.15) is 5.26 Å². The molecule has 188 valence electrons. The maximum absolute atomic E-state index is 12.6. The monoisotopic (exact) mass is 506 g/mol. The van der Waals surface area contributed by atoms with Crippen molar-refractivity contribution < 1.29 is 19.0 Å². The lowest BCUT2D eigenvalue weighted by molar-refractivity contribution is -0.112. The fourth-order valence-corrected chi connectivity index (χ4v) is 4.21. The third kappa shape index (κ3) is 7.82. The van der Waals surface area contributed by atoms with Gasteiger partial charge in [0.25, 0.3) is 5.91 Å². The highest BCUT2D eigenvalue weighted by molar-refractivity contribution is 7.15. The Hall–Kier alpha value is -3.90. The summed E-state index contributed by atoms with van der Waals surface area (Å²) in [5, 5.41) is 21.5. The highest BCUT2D eigenvalue weighted by Crippen LogP contribution is 2.29. The van der Waals surface area contributed by atoms with Crippen molar-refractivity contribution >= 4 is 28.5 Å². The minimum absolute atomic E-state index is 0.0575. The van der Waals surface area contributed by atoms with E-state index >= 15 is 0 Å². The molecule has 9 heteroatoms. The van der Waals surface area contributed by atoms with Gasteiger partial charge in [-0.05, 0) is 67.3 Å². The molecule has 36 heavy (non-hydrogen) atoms. The number of anilines is 1. The summed E-state index contributed by atoms with van der Waals surface area (Å²) < 4.78 is 17.1. The number of aromatic nitrogens is 2. The first-order chi connectivity index (χ1) is 17.4. The number of benzene rings is 2. The standard InChI is InChI=1S/C27H30N4O4S/c1-5-6-7-25-30-31-27(36-25)29-26(32)21(17-28)15-20-8-9-23(24(16-20)33-4)35-11-10-34-22-13-18(2)12-19(3)14-22/h8-9,12-16H,5-7,10-11H2,1-4H3,(H,29,31,32)/b21-15-. The third-order valence-corrected chi connectivity index (χ3v) is 6.00. The zero-order valence-corrected chi connectivity index (χ0v) is 21.8. The van der Waals surface area contributed by atoms with E-state index in [2.05, 4.69) is 28.5 Å². The molecule has 0 aliphatic heterocycles. The first-order valence-corrected chi connectivity index (χ1v) is 12.5. The van der Waals surface area contributed by atoms with Crippen molar-refractivity contribution in [3.63, 3.8) is 0 Å². The van der Waals surface area contributed by atoms with Crippen LogP contribution in [0.15, 0.2) is 42.0 Å². The second-order valence-electron chi connectivity index (χ2n) is 8.16. The molecular formula is C27H30N4O4S. The van der Waals surface area contributed by atoms with E-state index in [-0.39, 0.29) is 5.57 Å². The topological polar surface area (TPSA) is 106 Å². The molecule has 8 nitrogen and oxygen atoms in total. The fourth-order valence-electron chi connectivity index (χ4n) is 3.43. The lowest BCUT2D eigenvalue weighted by Gasteiger charge is -2.13. The number of nitriles is 1. The molecule has 0 fully saturated rings. The summed E-state index contributed by atoms with van der Waals surface area (Å²) >= 11 is 1.32. The minimum Gasteiger partial charge on any atom is -0.493 e. The van der Waals surface area contributed by atoms with E-state index in [0.717, 1.165) is 41.1 Å². The minimum atomic E-state index is -0.543. The van der Waals surface area contributed by atoms with Crippen LogP contribution < -0.4 is 19.5 Å². The first kappa shape index (κ1) is 26.7. The molecule has 0 spiro atoms. The maximum Gasteiger partial charge on any atom is 0.268 e. The number of methoxy groups -OCH3 is 1. The van der Waals surface area contributed by atoms with Crippen molar-refractivity contribution in [2.24, 2.45) is 0 Å². The Labute approximate surface area is 215 Å². The maximum atomic E-state index is 12.6. The summed E-state index contributed by atoms with van der Waals surface area (Å²) in [6.07, 6.45) is 4.37. The van der Waals surface area contributed by atoms with Crippen LogP contribution in [0.4, 0.5) is 5.13 Å². The molecule has 2 aromatic carbocycles. The van der Waals surface area contributed by atoms with Crippen LogP contribution in [-0.2, 0) is 11.2 Å². The largest absolute Gasteiger partial charge is 0.493 e. The molecule has 3 aromatic rings. The van der Waals surface area contributed by atoms with Crippen molar-refractivity contribution in [3.8, 4) is 23.3 Å². The average Bonchev–Trinajstić information content (AvgIpc) is 3.30. The Morgan fingerprint density at radius 2 is 1.83 bits per heavy atom. The number of amides is 1. The number of unbranched alkanes of at least 4 members (excludes halogenated alkanes) is 1. The number of carbonyl (C=O) groups excluding carboxylic acids is 1. The van der Waals surface area contributed by atoms with E-state index in [1.807, 2.05) is 32.0 Å². The molecule has 0 aliphatic carbocycles. The number of ether oxygens (including phenoxy) is 3. The predicted octanol–water partition coefficient (Wildman–Crippen LogP) is 5.51. The summed E-state index contributed by atoms with van der Waals surface area (Å²) in [5.41, 5.74) is 2.85. The van der Waals surface area contributed by atoms with Crippen molar-refractivity contribution in [2.75, 3.05) is 25.6 Å². The zero-order valence-electron chi connectivity index (χ0n) is 21.0. The van der Waals surface area contributed by atoms with Crippen LogP contribution in [0.25, 0.3) is 6.08 Å². The van der Waals surface area contributed by atoms with Crippen LogP contribution >= 0.6 is 11.3 Å². The van der Waals surface area contributed by atoms with E-state index < -0.39 is 5.91 Å². The van der Waals surface area contributed by atoms with Gasteiger partial charge in [0.05, 0.1) is 7.11 Å². The Balaban J connectivity index is 1.60. The third-order valence-electron chi connectivity index (χ3n) is 5.10. The van der Waals surface area contributed by atoms with Gasteiger partial charge < -0.3 is 14.2 Å². The lowest BCUT2D eigenvalue weighted by Crippen LogP contribution is -2.13. The van der Waals surface area contributed by atoms with Crippen LogP contribution in [0.1, 0.15) is 41.5 Å². The average molecular weight is 507 g/mol. The highest BCUT2D eigenvalue weighted by atomic mass is 32.1. The SMILES string of the molecule is CCCCc1nnc(NC(=O)/C(C#N)=C\c2ccc(OCCOc3cc(C)cc(C)c3)c(OC)c2)s1. The smallest absolute Gasteiger partial charge is 0.268 e. The molecule has 1 amide bonds. The van der Waals surface area contributed by atoms with E-state index in [1.54, 1.807) is 18.2 Å². The van der Waals surface area contributed by atoms with Gasteiger partial charge in [-0.3, -0.25) is 10.1 Å². The first-order valence-electron chi connectivity index (χ1n) is 11.7. The number of nitrogens with zero attached hydrogens (tertiary/aromatic N) is 3. The molecule has 1 heterocycles. The zero-order chi connectivity index (χ0) is 25.9. The van der Waals surface area contributed by atoms with Crippen LogP contribution in [0.2, 0.25) is 0 Å². The fraction of sp³-hybridized carbons (Fsp3) is 0.333. The molecular weight excluding hydrogens is 476 g/mol. The summed E-state index contributed by atoms with van der Waals surface area (Å²) in [4.78, 5) is 12.6. The highest BCUT2D eigenvalue weighted by Gasteiger charge is 2.14. The lowest BCUT2D eigenvalue weighted by atomic mass is 10.1. The van der Waals surface area contributed by atoms with Crippen LogP contribution in [0, 0.1) is 25.2 Å². The molecule has 0 saturated heterocycles. The molecule has 3 rings (SSSR count). The number of hydrogen-bond donors (Lipinski definition) is 1. The molecule has 0 atom stereocenters. The number of hydrogen-bond acceptors (Lipinski definition) is 8. The summed E-state index contributed by atoms with van der Waals surface area (Å²) in [7, 11) is 1.53. The van der Waals surface area contributed by atoms with E-state index in [4.69, 9.17) is 14.2 Å². The van der Waals surface area contributed by atoms with Crippen LogP contribution in [-0.4, -0.2) is 36.4 Å². The van der Waals surface area contributed by atoms with Crippen molar-refractivity contribution in [1.29, 1.82) is 5.26 Å². The molecule has 1 aromatic heterocycles. The molecule has 0 saturated carbocycles. The van der Waals surface area contributed by atoms with Crippen molar-refractivity contribution in [3.05, 3.63) is 63.7 Å². The second kappa shape index (κ2) is 13.3. The van der Waals surface area contributed by atoms with Gasteiger partial charge >= 0.3 is 0 Å². The Morgan fingerprint density at radius 3 is 2.53 bits per heavy atom. The van der Waals surface area contributed by atoms with Gasteiger partial charge in [0.2, 0.25) is 5.13 Å². The van der Waals surface area contributed by atoms with E-state index in [1.165, 1.54) is 24.5 Å². The second-order valence-corrected chi connectivity index (χ2v) is 9.22. The quantitative estimate of drug-likeness (QED) is 0.196. The molecule has 0 aliphatic rings. The van der Waals surface area contributed by atoms with Gasteiger partial charge in [0.1, 0.15) is 35.6 Å². The molecule has 1 N–H and O–H groups in total. The predicted molar refractivity (Wildman–Crippen MR) is 141 cm³/mol. The number of nitrogens with one attached hydrogen (secondary N) is 1. The van der Waals surface area contributed by atoms with Gasteiger partial charge in [0, 0.05) is 6.42 Å². The Bertz CT molecular complexity index is 1240. The number of aryl methyl sites for hydroxylation is 3. The van der Waals surface area contributed by atoms with E-state index in [0.29, 0.717) is 35.4 Å². The Kier molecular flexibility index (Phi) is 9.83. The van der Waals surface area contributed by atoms with Gasteiger partial charge in [-0.25, -0.2) is 0 Å². The summed E-state index contributed by atoms with van der Waals surface area (Å²) in [6.45, 7) is 6.85. The molecule has 0 radical (unpaired) electrons. The molecule has 0 bridgehead atoms. The van der Waals surface area contributed by atoms with Crippen LogP contribution in [0.3, 0.4) is 0 Å². The van der Waals surface area contributed by atoms with E-state index in [9.17, 15) is 10.1 Å². The van der Waals surface area contributed by atoms with Crippen molar-refractivity contribution in [1.82, 2.24) is 10.2 Å². The number of rotatable bonds is 12. The van der Waals surface area contributed by atoms with Gasteiger partial charge in [0.15, 0.2) is 11.5 Å². The van der Waals surface area contributed by atoms with Crippen molar-refractivity contribution in [2.45, 2.75) is 40.0 Å². The number of carbonyl (C=O) groups is 1. The summed E-state index contributed by atoms with van der Waals surface area (Å²) in [5.74, 6) is 1.28. The van der Waals surface area contributed by atoms with Gasteiger partial charge in [-0.15, -0.1) is 10.2 Å². The Morgan fingerprint density at radius 1 is 1.08 bits per heavy atom. The normalized spacial score (nSPS) is 11.0. The van der Waals surface area contributed by atoms with Gasteiger partial charge in [-0.1, -0.05) is 36.8 Å².